The molecule has 0 aromatic heterocycles. The Balaban J connectivity index is 1.20. The van der Waals surface area contributed by atoms with Crippen molar-refractivity contribution in [3.63, 3.8) is 0 Å². The quantitative estimate of drug-likeness (QED) is 0.693. The number of ether oxygens (including phenoxy) is 1. The predicted molar refractivity (Wildman–Crippen MR) is 132 cm³/mol. The van der Waals surface area contributed by atoms with Gasteiger partial charge in [0.15, 0.2) is 6.61 Å². The summed E-state index contributed by atoms with van der Waals surface area (Å²) in [4.78, 5) is 44.0. The summed E-state index contributed by atoms with van der Waals surface area (Å²) in [6.45, 7) is 4.12. The molecule has 35 heavy (non-hydrogen) atoms. The number of carbonyl (C=O) groups is 3. The normalized spacial score (nSPS) is 18.8. The Labute approximate surface area is 205 Å². The highest BCUT2D eigenvalue weighted by Gasteiger charge is 2.31. The zero-order valence-electron chi connectivity index (χ0n) is 19.9. The van der Waals surface area contributed by atoms with Crippen LogP contribution in [0.5, 0.6) is 5.75 Å². The zero-order chi connectivity index (χ0) is 24.2. The van der Waals surface area contributed by atoms with Gasteiger partial charge in [0.1, 0.15) is 12.3 Å². The third-order valence-corrected chi connectivity index (χ3v) is 7.09. The Hall–Kier alpha value is -3.39. The zero-order valence-corrected chi connectivity index (χ0v) is 19.9. The van der Waals surface area contributed by atoms with Crippen LogP contribution in [0.1, 0.15) is 41.6 Å². The molecule has 3 aliphatic heterocycles. The first-order chi connectivity index (χ1) is 17.1. The number of fused-ring (bicyclic) bond motifs is 1. The van der Waals surface area contributed by atoms with Gasteiger partial charge in [0.25, 0.3) is 11.8 Å². The number of hydrogen-bond donors (Lipinski definition) is 1. The summed E-state index contributed by atoms with van der Waals surface area (Å²) in [7, 11) is 0. The van der Waals surface area contributed by atoms with Gasteiger partial charge >= 0.3 is 0 Å². The second-order valence-electron chi connectivity index (χ2n) is 9.55. The molecule has 5 rings (SSSR count). The van der Waals surface area contributed by atoms with Crippen LogP contribution in [0.25, 0.3) is 0 Å². The second-order valence-corrected chi connectivity index (χ2v) is 9.55. The van der Waals surface area contributed by atoms with E-state index in [2.05, 4.69) is 34.5 Å². The lowest BCUT2D eigenvalue weighted by molar-refractivity contribution is -0.131. The minimum Gasteiger partial charge on any atom is -0.482 e. The van der Waals surface area contributed by atoms with E-state index in [0.717, 1.165) is 58.4 Å². The summed E-state index contributed by atoms with van der Waals surface area (Å²) < 4.78 is 5.57. The van der Waals surface area contributed by atoms with Gasteiger partial charge < -0.3 is 15.0 Å². The van der Waals surface area contributed by atoms with Crippen LogP contribution in [-0.4, -0.2) is 72.9 Å². The Morgan fingerprint density at radius 1 is 0.971 bits per heavy atom. The van der Waals surface area contributed by atoms with E-state index < -0.39 is 0 Å². The van der Waals surface area contributed by atoms with Crippen molar-refractivity contribution in [3.05, 3.63) is 59.7 Å². The van der Waals surface area contributed by atoms with Gasteiger partial charge in [-0.05, 0) is 49.4 Å². The summed E-state index contributed by atoms with van der Waals surface area (Å²) in [5, 5.41) is 3.15. The number of likely N-dealkylation sites (tertiary alicyclic amines) is 2. The van der Waals surface area contributed by atoms with Gasteiger partial charge in [-0.25, -0.2) is 0 Å². The highest BCUT2D eigenvalue weighted by Crippen LogP contribution is 2.33. The number of rotatable bonds is 6. The van der Waals surface area contributed by atoms with Crippen molar-refractivity contribution in [3.8, 4) is 5.75 Å². The van der Waals surface area contributed by atoms with Crippen molar-refractivity contribution >= 4 is 23.4 Å². The fraction of sp³-hybridized carbons (Fsp3) is 0.444. The van der Waals surface area contributed by atoms with E-state index in [0.29, 0.717) is 17.0 Å². The largest absolute Gasteiger partial charge is 0.482 e. The molecule has 0 unspecified atom stereocenters. The van der Waals surface area contributed by atoms with Crippen molar-refractivity contribution in [1.29, 1.82) is 0 Å². The summed E-state index contributed by atoms with van der Waals surface area (Å²) in [6, 6.07) is 15.6. The standard InChI is InChI=1S/C27H32N4O4/c32-25(30-12-4-5-13-30)18-31-23-16-21(8-9-24(23)35-19-26(31)33)27(34)28-22-10-14-29(15-11-22)17-20-6-2-1-3-7-20/h1-3,6-9,16,22H,4-5,10-15,17-19H2,(H,28,34). The average molecular weight is 477 g/mol. The average Bonchev–Trinajstić information content (AvgIpc) is 3.43. The number of anilines is 1. The molecule has 2 aromatic carbocycles. The molecule has 0 radical (unpaired) electrons. The van der Waals surface area contributed by atoms with Crippen LogP contribution < -0.4 is 15.0 Å². The molecule has 2 fully saturated rings. The van der Waals surface area contributed by atoms with Gasteiger partial charge in [-0.15, -0.1) is 0 Å². The summed E-state index contributed by atoms with van der Waals surface area (Å²) in [5.41, 5.74) is 2.25. The molecule has 2 saturated heterocycles. The van der Waals surface area contributed by atoms with Crippen LogP contribution in [0.2, 0.25) is 0 Å². The van der Waals surface area contributed by atoms with Crippen LogP contribution in [0.15, 0.2) is 48.5 Å². The molecule has 0 saturated carbocycles. The summed E-state index contributed by atoms with van der Waals surface area (Å²) in [6.07, 6.45) is 3.77. The maximum absolute atomic E-state index is 13.0. The lowest BCUT2D eigenvalue weighted by atomic mass is 10.0. The number of amides is 3. The number of carbonyl (C=O) groups excluding carboxylic acids is 3. The summed E-state index contributed by atoms with van der Waals surface area (Å²) >= 11 is 0. The Morgan fingerprint density at radius 3 is 2.46 bits per heavy atom. The molecule has 0 aliphatic carbocycles. The van der Waals surface area contributed by atoms with Crippen LogP contribution in [0, 0.1) is 0 Å². The number of piperidine rings is 1. The fourth-order valence-corrected chi connectivity index (χ4v) is 5.06. The van der Waals surface area contributed by atoms with E-state index in [1.807, 2.05) is 6.07 Å². The maximum Gasteiger partial charge on any atom is 0.265 e. The van der Waals surface area contributed by atoms with E-state index >= 15 is 0 Å². The highest BCUT2D eigenvalue weighted by molar-refractivity contribution is 6.04. The monoisotopic (exact) mass is 476 g/mol. The fourth-order valence-electron chi connectivity index (χ4n) is 5.06. The van der Waals surface area contributed by atoms with E-state index in [1.165, 1.54) is 10.5 Å². The molecule has 184 valence electrons. The molecule has 8 heteroatoms. The second kappa shape index (κ2) is 10.5. The van der Waals surface area contributed by atoms with Gasteiger partial charge in [0.2, 0.25) is 5.91 Å². The van der Waals surface area contributed by atoms with Gasteiger partial charge in [-0.1, -0.05) is 30.3 Å². The van der Waals surface area contributed by atoms with Crippen molar-refractivity contribution in [2.45, 2.75) is 38.3 Å². The lowest BCUT2D eigenvalue weighted by Crippen LogP contribution is -2.46. The van der Waals surface area contributed by atoms with Gasteiger partial charge in [-0.3, -0.25) is 24.2 Å². The summed E-state index contributed by atoms with van der Waals surface area (Å²) in [5.74, 6) is 0.0111. The Morgan fingerprint density at radius 2 is 1.71 bits per heavy atom. The molecule has 1 N–H and O–H groups in total. The first-order valence-electron chi connectivity index (χ1n) is 12.5. The number of hydrogen-bond acceptors (Lipinski definition) is 5. The maximum atomic E-state index is 13.0. The molecular formula is C27H32N4O4. The SMILES string of the molecule is O=C(NC1CCN(Cc2ccccc2)CC1)c1ccc2c(c1)N(CC(=O)N1CCCC1)C(=O)CO2. The highest BCUT2D eigenvalue weighted by atomic mass is 16.5. The smallest absolute Gasteiger partial charge is 0.265 e. The molecule has 2 aromatic rings. The molecule has 3 heterocycles. The van der Waals surface area contributed by atoms with Crippen LogP contribution >= 0.6 is 0 Å². The minimum atomic E-state index is -0.270. The molecule has 3 aliphatic rings. The van der Waals surface area contributed by atoms with Crippen molar-refractivity contribution in [2.24, 2.45) is 0 Å². The molecule has 3 amide bonds. The number of benzene rings is 2. The molecule has 0 spiro atoms. The van der Waals surface area contributed by atoms with Crippen LogP contribution in [0.4, 0.5) is 5.69 Å². The first-order valence-corrected chi connectivity index (χ1v) is 12.5. The van der Waals surface area contributed by atoms with E-state index in [1.54, 1.807) is 23.1 Å². The van der Waals surface area contributed by atoms with E-state index in [9.17, 15) is 14.4 Å². The molecule has 0 bridgehead atoms. The third kappa shape index (κ3) is 5.48. The predicted octanol–water partition coefficient (Wildman–Crippen LogP) is 2.43. The molecular weight excluding hydrogens is 444 g/mol. The molecule has 8 nitrogen and oxygen atoms in total. The van der Waals surface area contributed by atoms with E-state index in [4.69, 9.17) is 4.74 Å². The first kappa shape index (κ1) is 23.4. The van der Waals surface area contributed by atoms with Crippen molar-refractivity contribution in [2.75, 3.05) is 44.2 Å². The van der Waals surface area contributed by atoms with E-state index in [-0.39, 0.29) is 36.9 Å². The Kier molecular flexibility index (Phi) is 6.99. The van der Waals surface area contributed by atoms with Gasteiger partial charge in [-0.2, -0.15) is 0 Å². The van der Waals surface area contributed by atoms with Crippen molar-refractivity contribution < 1.29 is 19.1 Å². The topological polar surface area (TPSA) is 82.2 Å². The molecule has 0 atom stereocenters. The van der Waals surface area contributed by atoms with Gasteiger partial charge in [0, 0.05) is 44.3 Å². The Bertz CT molecular complexity index is 1080. The number of nitrogens with one attached hydrogen (secondary N) is 1. The van der Waals surface area contributed by atoms with Crippen LogP contribution in [0.3, 0.4) is 0 Å². The third-order valence-electron chi connectivity index (χ3n) is 7.09. The van der Waals surface area contributed by atoms with Crippen LogP contribution in [-0.2, 0) is 16.1 Å². The number of nitrogens with zero attached hydrogens (tertiary/aromatic N) is 3. The minimum absolute atomic E-state index is 0.0276. The van der Waals surface area contributed by atoms with Crippen molar-refractivity contribution in [1.82, 2.24) is 15.1 Å². The lowest BCUT2D eigenvalue weighted by Gasteiger charge is -2.33. The van der Waals surface area contributed by atoms with Gasteiger partial charge in [0.05, 0.1) is 5.69 Å².